The fourth-order valence-electron chi connectivity index (χ4n) is 3.65. The molecule has 1 N–H and O–H groups in total. The number of anilines is 2. The summed E-state index contributed by atoms with van der Waals surface area (Å²) in [7, 11) is 0. The molecule has 1 aliphatic heterocycles. The van der Waals surface area contributed by atoms with Crippen LogP contribution in [0.2, 0.25) is 0 Å². The zero-order valence-electron chi connectivity index (χ0n) is 15.5. The second-order valence-corrected chi connectivity index (χ2v) is 8.21. The van der Waals surface area contributed by atoms with Crippen LogP contribution in [-0.2, 0) is 0 Å². The molecule has 5 heteroatoms. The zero-order chi connectivity index (χ0) is 18.5. The van der Waals surface area contributed by atoms with Gasteiger partial charge in [-0.2, -0.15) is 0 Å². The van der Waals surface area contributed by atoms with Gasteiger partial charge in [-0.15, -0.1) is 0 Å². The summed E-state index contributed by atoms with van der Waals surface area (Å²) in [5.74, 6) is 0.657. The smallest absolute Gasteiger partial charge is 0.0560 e. The van der Waals surface area contributed by atoms with Gasteiger partial charge >= 0.3 is 0 Å². The fraction of sp³-hybridized carbons (Fsp3) is 0.429. The third kappa shape index (κ3) is 4.47. The van der Waals surface area contributed by atoms with E-state index in [9.17, 15) is 0 Å². The highest BCUT2D eigenvalue weighted by Crippen LogP contribution is 2.36. The molecule has 1 aliphatic rings. The minimum absolute atomic E-state index is 0.423. The van der Waals surface area contributed by atoms with E-state index in [0.717, 1.165) is 24.2 Å². The normalized spacial score (nSPS) is 15.8. The zero-order valence-corrected chi connectivity index (χ0v) is 19.8. The van der Waals surface area contributed by atoms with Gasteiger partial charge in [0.25, 0.3) is 0 Å². The SMILES string of the molecule is CCCN(CI)C(C)c1ccc(N2CC(c3ccccc3)C2)cc1NI. The molecule has 0 saturated carbocycles. The van der Waals surface area contributed by atoms with Gasteiger partial charge in [-0.3, -0.25) is 4.90 Å². The first-order valence-corrected chi connectivity index (χ1v) is 11.9. The molecule has 0 spiro atoms. The first-order chi connectivity index (χ1) is 12.7. The summed E-state index contributed by atoms with van der Waals surface area (Å²) in [4.78, 5) is 5.01. The molecule has 1 unspecified atom stereocenters. The number of halogens is 2. The molecule has 0 aromatic heterocycles. The Kier molecular flexibility index (Phi) is 7.45. The number of hydrogen-bond donors (Lipinski definition) is 1. The summed E-state index contributed by atoms with van der Waals surface area (Å²) in [5, 5.41) is 0. The molecular formula is C21H27I2N3. The molecule has 140 valence electrons. The van der Waals surface area contributed by atoms with E-state index in [1.165, 1.54) is 28.9 Å². The van der Waals surface area contributed by atoms with Crippen molar-refractivity contribution in [2.24, 2.45) is 0 Å². The van der Waals surface area contributed by atoms with Gasteiger partial charge in [0.2, 0.25) is 0 Å². The Morgan fingerprint density at radius 3 is 2.54 bits per heavy atom. The number of hydrogen-bond acceptors (Lipinski definition) is 3. The van der Waals surface area contributed by atoms with Crippen molar-refractivity contribution in [3.63, 3.8) is 0 Å². The van der Waals surface area contributed by atoms with Crippen molar-refractivity contribution in [2.45, 2.75) is 32.2 Å². The molecule has 26 heavy (non-hydrogen) atoms. The van der Waals surface area contributed by atoms with Gasteiger partial charge < -0.3 is 8.43 Å². The van der Waals surface area contributed by atoms with E-state index in [2.05, 4.69) is 121 Å². The lowest BCUT2D eigenvalue weighted by molar-refractivity contribution is 0.257. The Labute approximate surface area is 185 Å². The van der Waals surface area contributed by atoms with Crippen molar-refractivity contribution in [1.82, 2.24) is 4.90 Å². The van der Waals surface area contributed by atoms with Gasteiger partial charge in [-0.05, 0) is 43.1 Å². The maximum absolute atomic E-state index is 3.40. The number of nitrogens with one attached hydrogen (secondary N) is 1. The lowest BCUT2D eigenvalue weighted by Crippen LogP contribution is -2.45. The van der Waals surface area contributed by atoms with E-state index in [-0.39, 0.29) is 0 Å². The molecule has 2 aromatic rings. The Hall–Kier alpha value is -0.540. The highest BCUT2D eigenvalue weighted by molar-refractivity contribution is 14.1. The maximum atomic E-state index is 3.40. The van der Waals surface area contributed by atoms with Gasteiger partial charge in [0.05, 0.1) is 27.4 Å². The average molecular weight is 575 g/mol. The first-order valence-electron chi connectivity index (χ1n) is 9.28. The van der Waals surface area contributed by atoms with E-state index in [0.29, 0.717) is 12.0 Å². The van der Waals surface area contributed by atoms with Crippen molar-refractivity contribution in [3.8, 4) is 0 Å². The minimum Gasteiger partial charge on any atom is -0.370 e. The minimum atomic E-state index is 0.423. The Bertz CT molecular complexity index is 702. The Balaban J connectivity index is 1.71. The van der Waals surface area contributed by atoms with Gasteiger partial charge in [0.1, 0.15) is 0 Å². The predicted octanol–water partition coefficient (Wildman–Crippen LogP) is 6.22. The summed E-state index contributed by atoms with van der Waals surface area (Å²) in [6.07, 6.45) is 1.19. The highest BCUT2D eigenvalue weighted by atomic mass is 127. The third-order valence-corrected chi connectivity index (χ3v) is 6.78. The van der Waals surface area contributed by atoms with E-state index < -0.39 is 0 Å². The molecule has 1 fully saturated rings. The van der Waals surface area contributed by atoms with Crippen LogP contribution < -0.4 is 8.43 Å². The number of nitrogens with zero attached hydrogens (tertiary/aromatic N) is 2. The topological polar surface area (TPSA) is 18.5 Å². The molecule has 0 bridgehead atoms. The summed E-state index contributed by atoms with van der Waals surface area (Å²) in [5.41, 5.74) is 5.40. The highest BCUT2D eigenvalue weighted by Gasteiger charge is 2.28. The van der Waals surface area contributed by atoms with Crippen LogP contribution >= 0.6 is 45.5 Å². The summed E-state index contributed by atoms with van der Waals surface area (Å²) in [6, 6.07) is 18.2. The van der Waals surface area contributed by atoms with Crippen LogP contribution in [0.25, 0.3) is 0 Å². The molecule has 3 rings (SSSR count). The molecule has 0 aliphatic carbocycles. The lowest BCUT2D eigenvalue weighted by atomic mass is 9.90. The molecule has 0 radical (unpaired) electrons. The number of rotatable bonds is 8. The van der Waals surface area contributed by atoms with Crippen LogP contribution in [-0.4, -0.2) is 29.1 Å². The standard InChI is InChI=1S/C21H27I2N3/c1-3-11-25(15-22)16(2)20-10-9-19(12-21(20)24-23)26-13-18(14-26)17-7-5-4-6-8-17/h4-10,12,16,18,24H,3,11,13-15H2,1-2H3. The average Bonchev–Trinajstić information content (AvgIpc) is 2.65. The van der Waals surface area contributed by atoms with Crippen LogP contribution in [0.4, 0.5) is 11.4 Å². The molecule has 1 atom stereocenters. The van der Waals surface area contributed by atoms with Gasteiger partial charge in [0, 0.05) is 36.4 Å². The van der Waals surface area contributed by atoms with Crippen molar-refractivity contribution < 1.29 is 0 Å². The van der Waals surface area contributed by atoms with E-state index >= 15 is 0 Å². The lowest BCUT2D eigenvalue weighted by Gasteiger charge is -2.42. The van der Waals surface area contributed by atoms with Crippen molar-refractivity contribution >= 4 is 56.8 Å². The van der Waals surface area contributed by atoms with Gasteiger partial charge in [-0.1, -0.05) is 65.9 Å². The Morgan fingerprint density at radius 2 is 1.92 bits per heavy atom. The van der Waals surface area contributed by atoms with Crippen molar-refractivity contribution in [2.75, 3.05) is 32.6 Å². The largest absolute Gasteiger partial charge is 0.370 e. The van der Waals surface area contributed by atoms with Gasteiger partial charge in [-0.25, -0.2) is 0 Å². The van der Waals surface area contributed by atoms with E-state index in [1.807, 2.05) is 0 Å². The fourth-order valence-corrected chi connectivity index (χ4v) is 5.05. The van der Waals surface area contributed by atoms with Gasteiger partial charge in [0.15, 0.2) is 0 Å². The van der Waals surface area contributed by atoms with Crippen LogP contribution in [0.15, 0.2) is 48.5 Å². The van der Waals surface area contributed by atoms with Crippen LogP contribution in [0.1, 0.15) is 43.4 Å². The monoisotopic (exact) mass is 575 g/mol. The predicted molar refractivity (Wildman–Crippen MR) is 130 cm³/mol. The summed E-state index contributed by atoms with van der Waals surface area (Å²) in [6.45, 7) is 7.91. The van der Waals surface area contributed by atoms with E-state index in [4.69, 9.17) is 0 Å². The quantitative estimate of drug-likeness (QED) is 0.175. The second kappa shape index (κ2) is 9.59. The van der Waals surface area contributed by atoms with E-state index in [1.54, 1.807) is 0 Å². The maximum Gasteiger partial charge on any atom is 0.0560 e. The molecule has 3 nitrogen and oxygen atoms in total. The van der Waals surface area contributed by atoms with Crippen LogP contribution in [0.5, 0.6) is 0 Å². The first kappa shape index (κ1) is 20.2. The van der Waals surface area contributed by atoms with Crippen molar-refractivity contribution in [3.05, 3.63) is 59.7 Å². The molecule has 2 aromatic carbocycles. The summed E-state index contributed by atoms with van der Waals surface area (Å²) >= 11 is 4.74. The second-order valence-electron chi connectivity index (χ2n) is 6.99. The Morgan fingerprint density at radius 1 is 1.19 bits per heavy atom. The molecular weight excluding hydrogens is 548 g/mol. The summed E-state index contributed by atoms with van der Waals surface area (Å²) < 4.78 is 4.45. The number of benzene rings is 2. The van der Waals surface area contributed by atoms with Crippen LogP contribution in [0.3, 0.4) is 0 Å². The van der Waals surface area contributed by atoms with Crippen LogP contribution in [0, 0.1) is 0 Å². The van der Waals surface area contributed by atoms with Crippen molar-refractivity contribution in [1.29, 1.82) is 0 Å². The molecule has 0 amide bonds. The number of alkyl halides is 1. The molecule has 1 heterocycles. The third-order valence-electron chi connectivity index (χ3n) is 5.32. The molecule has 1 saturated heterocycles.